The molecule has 0 unspecified atom stereocenters. The second-order valence-electron chi connectivity index (χ2n) is 7.10. The van der Waals surface area contributed by atoms with E-state index >= 15 is 0 Å². The molecule has 0 aliphatic rings. The molecule has 0 aliphatic heterocycles. The number of carbonyl (C=O) groups excluding carboxylic acids is 1. The van der Waals surface area contributed by atoms with Crippen LogP contribution in [0.15, 0.2) is 65.8 Å². The topological polar surface area (TPSA) is 91.0 Å². The number of amides is 1. The van der Waals surface area contributed by atoms with Crippen molar-refractivity contribution in [3.8, 4) is 5.75 Å². The van der Waals surface area contributed by atoms with Gasteiger partial charge in [-0.15, -0.1) is 0 Å². The van der Waals surface area contributed by atoms with Crippen LogP contribution in [0, 0.1) is 0 Å². The van der Waals surface area contributed by atoms with Gasteiger partial charge in [0.1, 0.15) is 17.5 Å². The standard InChI is InChI=1S/C23H22ClN5O3/c1-2-32-20-9-4-3-8-18(20)22(30)25-10-11-29-21-19(13-27-29)23(31)28(15-26-21)14-16-6-5-7-17(24)12-16/h3-9,12-13,15H,2,10-11,14H2,1H3,(H,25,30). The zero-order chi connectivity index (χ0) is 22.5. The van der Waals surface area contributed by atoms with E-state index in [4.69, 9.17) is 16.3 Å². The summed E-state index contributed by atoms with van der Waals surface area (Å²) in [5.41, 5.74) is 1.67. The molecule has 0 fully saturated rings. The molecule has 8 nitrogen and oxygen atoms in total. The molecule has 0 aliphatic carbocycles. The number of carbonyl (C=O) groups is 1. The molecule has 2 aromatic carbocycles. The maximum atomic E-state index is 12.9. The van der Waals surface area contributed by atoms with E-state index in [2.05, 4.69) is 15.4 Å². The molecule has 0 saturated carbocycles. The third-order valence-electron chi connectivity index (χ3n) is 4.90. The predicted octanol–water partition coefficient (Wildman–Crippen LogP) is 3.12. The molecule has 32 heavy (non-hydrogen) atoms. The molecule has 4 rings (SSSR count). The summed E-state index contributed by atoms with van der Waals surface area (Å²) in [5, 5.41) is 8.17. The number of halogens is 1. The summed E-state index contributed by atoms with van der Waals surface area (Å²) < 4.78 is 8.64. The fraction of sp³-hybridized carbons (Fsp3) is 0.217. The molecule has 2 heterocycles. The Labute approximate surface area is 189 Å². The van der Waals surface area contributed by atoms with Crippen LogP contribution in [0.5, 0.6) is 5.75 Å². The molecular formula is C23H22ClN5O3. The summed E-state index contributed by atoms with van der Waals surface area (Å²) in [6, 6.07) is 14.4. The van der Waals surface area contributed by atoms with Crippen molar-refractivity contribution in [1.29, 1.82) is 0 Å². The number of nitrogens with zero attached hydrogens (tertiary/aromatic N) is 4. The van der Waals surface area contributed by atoms with Gasteiger partial charge in [-0.3, -0.25) is 14.2 Å². The second-order valence-corrected chi connectivity index (χ2v) is 7.53. The smallest absolute Gasteiger partial charge is 0.264 e. The summed E-state index contributed by atoms with van der Waals surface area (Å²) in [5.74, 6) is 0.307. The van der Waals surface area contributed by atoms with Crippen LogP contribution in [0.4, 0.5) is 0 Å². The average Bonchev–Trinajstić information content (AvgIpc) is 3.20. The fourth-order valence-corrected chi connectivity index (χ4v) is 3.62. The number of benzene rings is 2. The van der Waals surface area contributed by atoms with Crippen molar-refractivity contribution in [3.63, 3.8) is 0 Å². The molecule has 0 atom stereocenters. The molecular weight excluding hydrogens is 430 g/mol. The molecule has 1 N–H and O–H groups in total. The van der Waals surface area contributed by atoms with Crippen molar-refractivity contribution in [2.24, 2.45) is 0 Å². The minimum Gasteiger partial charge on any atom is -0.493 e. The summed E-state index contributed by atoms with van der Waals surface area (Å²) in [7, 11) is 0. The summed E-state index contributed by atoms with van der Waals surface area (Å²) in [6.45, 7) is 3.40. The van der Waals surface area contributed by atoms with Crippen LogP contribution in [0.3, 0.4) is 0 Å². The van der Waals surface area contributed by atoms with E-state index in [1.54, 1.807) is 28.9 Å². The van der Waals surface area contributed by atoms with Crippen LogP contribution in [0.2, 0.25) is 5.02 Å². The molecule has 0 spiro atoms. The number of para-hydroxylation sites is 1. The van der Waals surface area contributed by atoms with Crippen molar-refractivity contribution >= 4 is 28.5 Å². The van der Waals surface area contributed by atoms with Gasteiger partial charge in [0.25, 0.3) is 11.5 Å². The van der Waals surface area contributed by atoms with E-state index in [0.717, 1.165) is 5.56 Å². The highest BCUT2D eigenvalue weighted by Crippen LogP contribution is 2.17. The third-order valence-corrected chi connectivity index (χ3v) is 5.14. The second kappa shape index (κ2) is 9.65. The molecule has 164 valence electrons. The first kappa shape index (κ1) is 21.6. The summed E-state index contributed by atoms with van der Waals surface area (Å²) in [6.07, 6.45) is 3.01. The van der Waals surface area contributed by atoms with Crippen molar-refractivity contribution in [2.45, 2.75) is 20.0 Å². The number of ether oxygens (including phenoxy) is 1. The Hall–Kier alpha value is -3.65. The number of rotatable bonds is 8. The van der Waals surface area contributed by atoms with Crippen LogP contribution in [-0.2, 0) is 13.1 Å². The molecule has 0 bridgehead atoms. The van der Waals surface area contributed by atoms with Crippen LogP contribution >= 0.6 is 11.6 Å². The van der Waals surface area contributed by atoms with Gasteiger partial charge in [-0.25, -0.2) is 9.67 Å². The SMILES string of the molecule is CCOc1ccccc1C(=O)NCCn1ncc2c(=O)n(Cc3cccc(Cl)c3)cnc21. The summed E-state index contributed by atoms with van der Waals surface area (Å²) >= 11 is 6.03. The minimum atomic E-state index is -0.234. The van der Waals surface area contributed by atoms with E-state index in [1.807, 2.05) is 31.2 Å². The largest absolute Gasteiger partial charge is 0.493 e. The van der Waals surface area contributed by atoms with Gasteiger partial charge in [0.15, 0.2) is 5.65 Å². The quantitative estimate of drug-likeness (QED) is 0.444. The predicted molar refractivity (Wildman–Crippen MR) is 122 cm³/mol. The average molecular weight is 452 g/mol. The maximum Gasteiger partial charge on any atom is 0.264 e. The van der Waals surface area contributed by atoms with Gasteiger partial charge in [-0.2, -0.15) is 5.10 Å². The van der Waals surface area contributed by atoms with E-state index in [9.17, 15) is 9.59 Å². The van der Waals surface area contributed by atoms with Crippen molar-refractivity contribution < 1.29 is 9.53 Å². The zero-order valence-electron chi connectivity index (χ0n) is 17.5. The van der Waals surface area contributed by atoms with Crippen molar-refractivity contribution in [1.82, 2.24) is 24.6 Å². The van der Waals surface area contributed by atoms with Crippen LogP contribution in [-0.4, -0.2) is 38.4 Å². The van der Waals surface area contributed by atoms with E-state index in [-0.39, 0.29) is 11.5 Å². The molecule has 1 amide bonds. The monoisotopic (exact) mass is 451 g/mol. The molecule has 2 aromatic heterocycles. The first-order valence-corrected chi connectivity index (χ1v) is 10.6. The van der Waals surface area contributed by atoms with Gasteiger partial charge in [0, 0.05) is 11.6 Å². The maximum absolute atomic E-state index is 12.9. The number of nitrogens with one attached hydrogen (secondary N) is 1. The number of aromatic nitrogens is 4. The van der Waals surface area contributed by atoms with Gasteiger partial charge in [0.05, 0.1) is 31.5 Å². The van der Waals surface area contributed by atoms with E-state index < -0.39 is 0 Å². The Morgan fingerprint density at radius 2 is 2.03 bits per heavy atom. The molecule has 0 radical (unpaired) electrons. The Morgan fingerprint density at radius 1 is 1.19 bits per heavy atom. The Morgan fingerprint density at radius 3 is 2.84 bits per heavy atom. The molecule has 4 aromatic rings. The highest BCUT2D eigenvalue weighted by atomic mass is 35.5. The third kappa shape index (κ3) is 4.65. The van der Waals surface area contributed by atoms with Crippen molar-refractivity contribution in [3.05, 3.63) is 87.6 Å². The fourth-order valence-electron chi connectivity index (χ4n) is 3.41. The lowest BCUT2D eigenvalue weighted by atomic mass is 10.2. The number of hydrogen-bond acceptors (Lipinski definition) is 5. The van der Waals surface area contributed by atoms with E-state index in [1.165, 1.54) is 17.1 Å². The van der Waals surface area contributed by atoms with Crippen molar-refractivity contribution in [2.75, 3.05) is 13.2 Å². The minimum absolute atomic E-state index is 0.184. The van der Waals surface area contributed by atoms with Crippen LogP contribution < -0.4 is 15.6 Å². The number of fused-ring (bicyclic) bond motifs is 1. The molecule has 0 saturated heterocycles. The van der Waals surface area contributed by atoms with E-state index in [0.29, 0.717) is 53.6 Å². The first-order chi connectivity index (χ1) is 15.6. The van der Waals surface area contributed by atoms with Crippen LogP contribution in [0.25, 0.3) is 11.0 Å². The van der Waals surface area contributed by atoms with Crippen LogP contribution in [0.1, 0.15) is 22.8 Å². The lowest BCUT2D eigenvalue weighted by molar-refractivity contribution is 0.0948. The highest BCUT2D eigenvalue weighted by molar-refractivity contribution is 6.30. The first-order valence-electron chi connectivity index (χ1n) is 10.2. The van der Waals surface area contributed by atoms with Gasteiger partial charge in [0.2, 0.25) is 0 Å². The Balaban J connectivity index is 1.45. The zero-order valence-corrected chi connectivity index (χ0v) is 18.2. The van der Waals surface area contributed by atoms with Gasteiger partial charge >= 0.3 is 0 Å². The number of hydrogen-bond donors (Lipinski definition) is 1. The lowest BCUT2D eigenvalue weighted by Gasteiger charge is -2.10. The lowest BCUT2D eigenvalue weighted by Crippen LogP contribution is -2.28. The van der Waals surface area contributed by atoms with Gasteiger partial charge in [-0.1, -0.05) is 35.9 Å². The normalized spacial score (nSPS) is 10.9. The Bertz CT molecular complexity index is 1310. The van der Waals surface area contributed by atoms with Gasteiger partial charge < -0.3 is 10.1 Å². The Kier molecular flexibility index (Phi) is 6.51. The van der Waals surface area contributed by atoms with Gasteiger partial charge in [-0.05, 0) is 36.8 Å². The highest BCUT2D eigenvalue weighted by Gasteiger charge is 2.13. The summed E-state index contributed by atoms with van der Waals surface area (Å²) in [4.78, 5) is 29.8. The molecule has 9 heteroatoms.